The number of benzene rings is 3. The fourth-order valence-electron chi connectivity index (χ4n) is 2.97. The number of fused-ring (bicyclic) bond motifs is 1. The number of amides is 2. The molecule has 0 saturated heterocycles. The van der Waals surface area contributed by atoms with Gasteiger partial charge in [-0.25, -0.2) is 0 Å². The van der Waals surface area contributed by atoms with E-state index in [0.29, 0.717) is 39.0 Å². The lowest BCUT2D eigenvalue weighted by atomic mass is 10.1. The molecule has 1 aliphatic heterocycles. The van der Waals surface area contributed by atoms with Crippen LogP contribution in [0.3, 0.4) is 0 Å². The van der Waals surface area contributed by atoms with E-state index in [-0.39, 0.29) is 25.0 Å². The number of carbonyl (C=O) groups is 2. The van der Waals surface area contributed by atoms with Crippen LogP contribution in [0.4, 0.5) is 11.4 Å². The number of nitrogens with one attached hydrogen (secondary N) is 2. The molecule has 2 amide bonds. The molecule has 29 heavy (non-hydrogen) atoms. The number of para-hydroxylation sites is 1. The maximum Gasteiger partial charge on any atom is 0.257 e. The summed E-state index contributed by atoms with van der Waals surface area (Å²) in [5.41, 5.74) is 2.05. The van der Waals surface area contributed by atoms with Crippen LogP contribution in [-0.4, -0.2) is 18.6 Å². The largest absolute Gasteiger partial charge is 0.454 e. The minimum Gasteiger partial charge on any atom is -0.454 e. The summed E-state index contributed by atoms with van der Waals surface area (Å²) >= 11 is 6.12. The third-order valence-electron chi connectivity index (χ3n) is 4.39. The van der Waals surface area contributed by atoms with Gasteiger partial charge in [0, 0.05) is 16.8 Å². The Morgan fingerprint density at radius 1 is 0.897 bits per heavy atom. The molecule has 6 nitrogen and oxygen atoms in total. The molecule has 0 fully saturated rings. The lowest BCUT2D eigenvalue weighted by molar-refractivity contribution is -0.115. The van der Waals surface area contributed by atoms with E-state index < -0.39 is 0 Å². The maximum absolute atomic E-state index is 12.8. The minimum absolute atomic E-state index is 0.109. The molecule has 0 saturated carbocycles. The number of hydrogen-bond acceptors (Lipinski definition) is 4. The molecule has 7 heteroatoms. The molecule has 2 N–H and O–H groups in total. The number of anilines is 2. The zero-order valence-electron chi connectivity index (χ0n) is 15.3. The maximum atomic E-state index is 12.8. The van der Waals surface area contributed by atoms with Crippen LogP contribution in [0.25, 0.3) is 0 Å². The van der Waals surface area contributed by atoms with Crippen LogP contribution in [0.15, 0.2) is 66.7 Å². The SMILES string of the molecule is O=C(Cc1ccccc1Cl)Nc1ccccc1C(=O)Nc1ccc2c(c1)OCO2. The van der Waals surface area contributed by atoms with Crippen molar-refractivity contribution in [3.05, 3.63) is 82.9 Å². The van der Waals surface area contributed by atoms with Gasteiger partial charge in [-0.1, -0.05) is 41.9 Å². The Bertz CT molecular complexity index is 1080. The Kier molecular flexibility index (Phi) is 5.35. The molecular formula is C22H17ClN2O4. The summed E-state index contributed by atoms with van der Waals surface area (Å²) in [5.74, 6) is 0.596. The van der Waals surface area contributed by atoms with Crippen molar-refractivity contribution in [2.45, 2.75) is 6.42 Å². The van der Waals surface area contributed by atoms with Crippen molar-refractivity contribution >= 4 is 34.8 Å². The molecule has 3 aromatic rings. The Morgan fingerprint density at radius 2 is 1.66 bits per heavy atom. The van der Waals surface area contributed by atoms with Gasteiger partial charge in [0.05, 0.1) is 17.7 Å². The second kappa shape index (κ2) is 8.24. The highest BCUT2D eigenvalue weighted by atomic mass is 35.5. The molecule has 0 aromatic heterocycles. The predicted octanol–water partition coefficient (Wildman–Crippen LogP) is 4.50. The van der Waals surface area contributed by atoms with Crippen LogP contribution in [0.5, 0.6) is 11.5 Å². The van der Waals surface area contributed by atoms with Crippen molar-refractivity contribution < 1.29 is 19.1 Å². The Labute approximate surface area is 172 Å². The molecule has 146 valence electrons. The van der Waals surface area contributed by atoms with Crippen LogP contribution in [-0.2, 0) is 11.2 Å². The fourth-order valence-corrected chi connectivity index (χ4v) is 3.17. The minimum atomic E-state index is -0.350. The summed E-state index contributed by atoms with van der Waals surface area (Å²) in [6, 6.07) is 19.1. The summed E-state index contributed by atoms with van der Waals surface area (Å²) in [7, 11) is 0. The van der Waals surface area contributed by atoms with Crippen LogP contribution < -0.4 is 20.1 Å². The van der Waals surface area contributed by atoms with Crippen molar-refractivity contribution in [1.82, 2.24) is 0 Å². The smallest absolute Gasteiger partial charge is 0.257 e. The molecule has 0 aliphatic carbocycles. The first-order valence-corrected chi connectivity index (χ1v) is 9.31. The molecule has 0 radical (unpaired) electrons. The molecule has 0 spiro atoms. The molecule has 1 heterocycles. The van der Waals surface area contributed by atoms with Crippen LogP contribution in [0, 0.1) is 0 Å². The van der Waals surface area contributed by atoms with E-state index in [1.54, 1.807) is 60.7 Å². The molecule has 0 unspecified atom stereocenters. The van der Waals surface area contributed by atoms with E-state index in [2.05, 4.69) is 10.6 Å². The van der Waals surface area contributed by atoms with E-state index in [9.17, 15) is 9.59 Å². The number of rotatable bonds is 5. The number of halogens is 1. The first kappa shape index (κ1) is 18.8. The predicted molar refractivity (Wildman–Crippen MR) is 111 cm³/mol. The zero-order chi connectivity index (χ0) is 20.2. The van der Waals surface area contributed by atoms with Gasteiger partial charge in [0.25, 0.3) is 5.91 Å². The van der Waals surface area contributed by atoms with Gasteiger partial charge in [-0.15, -0.1) is 0 Å². The summed E-state index contributed by atoms with van der Waals surface area (Å²) in [6.45, 7) is 0.160. The second-order valence-electron chi connectivity index (χ2n) is 6.38. The number of hydrogen-bond donors (Lipinski definition) is 2. The van der Waals surface area contributed by atoms with E-state index in [1.165, 1.54) is 0 Å². The Morgan fingerprint density at radius 3 is 2.52 bits per heavy atom. The van der Waals surface area contributed by atoms with Crippen molar-refractivity contribution in [3.8, 4) is 11.5 Å². The summed E-state index contributed by atoms with van der Waals surface area (Å²) in [4.78, 5) is 25.2. The highest BCUT2D eigenvalue weighted by Gasteiger charge is 2.17. The molecular weight excluding hydrogens is 392 g/mol. The standard InChI is InChI=1S/C22H17ClN2O4/c23-17-7-3-1-5-14(17)11-21(26)25-18-8-4-2-6-16(18)22(27)24-15-9-10-19-20(12-15)29-13-28-19/h1-10,12H,11,13H2,(H,24,27)(H,25,26). The third-order valence-corrected chi connectivity index (χ3v) is 4.75. The second-order valence-corrected chi connectivity index (χ2v) is 6.79. The lowest BCUT2D eigenvalue weighted by Gasteiger charge is -2.12. The van der Waals surface area contributed by atoms with Gasteiger partial charge >= 0.3 is 0 Å². The van der Waals surface area contributed by atoms with Crippen molar-refractivity contribution in [3.63, 3.8) is 0 Å². The van der Waals surface area contributed by atoms with Gasteiger partial charge in [-0.2, -0.15) is 0 Å². The molecule has 0 bridgehead atoms. The van der Waals surface area contributed by atoms with E-state index in [1.807, 2.05) is 6.07 Å². The molecule has 3 aromatic carbocycles. The van der Waals surface area contributed by atoms with E-state index >= 15 is 0 Å². The van der Waals surface area contributed by atoms with Crippen LogP contribution in [0.2, 0.25) is 5.02 Å². The molecule has 4 rings (SSSR count). The third kappa shape index (κ3) is 4.33. The fraction of sp³-hybridized carbons (Fsp3) is 0.0909. The van der Waals surface area contributed by atoms with E-state index in [4.69, 9.17) is 21.1 Å². The lowest BCUT2D eigenvalue weighted by Crippen LogP contribution is -2.19. The van der Waals surface area contributed by atoms with Gasteiger partial charge in [-0.3, -0.25) is 9.59 Å². The quantitative estimate of drug-likeness (QED) is 0.651. The summed E-state index contributed by atoms with van der Waals surface area (Å²) in [5, 5.41) is 6.13. The number of ether oxygens (including phenoxy) is 2. The topological polar surface area (TPSA) is 76.7 Å². The van der Waals surface area contributed by atoms with Crippen LogP contribution in [0.1, 0.15) is 15.9 Å². The van der Waals surface area contributed by atoms with Gasteiger partial charge in [0.1, 0.15) is 0 Å². The zero-order valence-corrected chi connectivity index (χ0v) is 16.0. The summed E-state index contributed by atoms with van der Waals surface area (Å²) in [6.07, 6.45) is 0.109. The molecule has 1 aliphatic rings. The molecule has 0 atom stereocenters. The average molecular weight is 409 g/mol. The van der Waals surface area contributed by atoms with Crippen molar-refractivity contribution in [2.24, 2.45) is 0 Å². The monoisotopic (exact) mass is 408 g/mol. The van der Waals surface area contributed by atoms with Crippen molar-refractivity contribution in [2.75, 3.05) is 17.4 Å². The average Bonchev–Trinajstić information content (AvgIpc) is 3.18. The first-order valence-electron chi connectivity index (χ1n) is 8.93. The highest BCUT2D eigenvalue weighted by molar-refractivity contribution is 6.31. The van der Waals surface area contributed by atoms with Gasteiger partial charge in [-0.05, 0) is 35.9 Å². The highest BCUT2D eigenvalue weighted by Crippen LogP contribution is 2.34. The Balaban J connectivity index is 1.48. The van der Waals surface area contributed by atoms with Gasteiger partial charge < -0.3 is 20.1 Å². The van der Waals surface area contributed by atoms with E-state index in [0.717, 1.165) is 0 Å². The van der Waals surface area contributed by atoms with Gasteiger partial charge in [0.15, 0.2) is 11.5 Å². The number of carbonyl (C=O) groups excluding carboxylic acids is 2. The van der Waals surface area contributed by atoms with Crippen LogP contribution >= 0.6 is 11.6 Å². The summed E-state index contributed by atoms with van der Waals surface area (Å²) < 4.78 is 10.6. The normalized spacial score (nSPS) is 11.8. The Hall–Kier alpha value is -3.51. The van der Waals surface area contributed by atoms with Gasteiger partial charge in [0.2, 0.25) is 12.7 Å². The van der Waals surface area contributed by atoms with Crippen molar-refractivity contribution in [1.29, 1.82) is 0 Å². The first-order chi connectivity index (χ1) is 14.1.